The molecule has 1 unspecified atom stereocenters. The number of hydrogen-bond donors (Lipinski definition) is 1. The zero-order valence-electron chi connectivity index (χ0n) is 16.8. The van der Waals surface area contributed by atoms with E-state index in [4.69, 9.17) is 0 Å². The van der Waals surface area contributed by atoms with Crippen molar-refractivity contribution in [2.45, 2.75) is 44.4 Å². The van der Waals surface area contributed by atoms with Gasteiger partial charge in [-0.3, -0.25) is 9.10 Å². The lowest BCUT2D eigenvalue weighted by molar-refractivity contribution is -0.119. The molecule has 2 aromatic carbocycles. The highest BCUT2D eigenvalue weighted by Crippen LogP contribution is 2.43. The highest BCUT2D eigenvalue weighted by Gasteiger charge is 2.35. The molecule has 5 nitrogen and oxygen atoms in total. The number of amides is 1. The van der Waals surface area contributed by atoms with Crippen molar-refractivity contribution in [3.63, 3.8) is 0 Å². The van der Waals surface area contributed by atoms with E-state index in [9.17, 15) is 13.2 Å². The van der Waals surface area contributed by atoms with Crippen molar-refractivity contribution in [1.29, 1.82) is 0 Å². The van der Waals surface area contributed by atoms with Crippen molar-refractivity contribution in [3.8, 4) is 11.1 Å². The average molecular weight is 479 g/mol. The third-order valence-electron chi connectivity index (χ3n) is 5.39. The van der Waals surface area contributed by atoms with Crippen LogP contribution < -0.4 is 9.62 Å². The van der Waals surface area contributed by atoms with E-state index in [0.717, 1.165) is 35.7 Å². The van der Waals surface area contributed by atoms with Gasteiger partial charge in [0.1, 0.15) is 6.54 Å². The number of carbonyl (C=O) groups is 1. The minimum atomic E-state index is -3.81. The summed E-state index contributed by atoms with van der Waals surface area (Å²) in [6.07, 6.45) is 4.32. The van der Waals surface area contributed by atoms with Gasteiger partial charge in [0.15, 0.2) is 0 Å². The lowest BCUT2D eigenvalue weighted by Gasteiger charge is -2.32. The lowest BCUT2D eigenvalue weighted by atomic mass is 9.99. The highest BCUT2D eigenvalue weighted by atomic mass is 79.9. The Balaban J connectivity index is 1.85. The molecule has 7 heteroatoms. The van der Waals surface area contributed by atoms with Crippen LogP contribution in [0.25, 0.3) is 11.1 Å². The number of rotatable bonds is 8. The largest absolute Gasteiger partial charge is 0.354 e. The third-order valence-corrected chi connectivity index (χ3v) is 7.70. The number of anilines is 1. The maximum atomic E-state index is 13.3. The van der Waals surface area contributed by atoms with Crippen molar-refractivity contribution >= 4 is 37.5 Å². The van der Waals surface area contributed by atoms with Gasteiger partial charge in [-0.1, -0.05) is 67.2 Å². The molecular weight excluding hydrogens is 452 g/mol. The van der Waals surface area contributed by atoms with Crippen LogP contribution in [0.1, 0.15) is 39.5 Å². The first-order valence-electron chi connectivity index (χ1n) is 10.1. The zero-order valence-corrected chi connectivity index (χ0v) is 19.2. The van der Waals surface area contributed by atoms with Gasteiger partial charge in [-0.25, -0.2) is 8.42 Å². The SMILES string of the molecule is CCCCC(CC)CNC(=O)CN1c2ccc(Br)cc2-c2ccccc2S1(=O)=O. The molecule has 0 radical (unpaired) electrons. The Labute approximate surface area is 181 Å². The number of nitrogens with zero attached hydrogens (tertiary/aromatic N) is 1. The van der Waals surface area contributed by atoms with Crippen molar-refractivity contribution in [2.24, 2.45) is 5.92 Å². The van der Waals surface area contributed by atoms with Gasteiger partial charge in [0.2, 0.25) is 5.91 Å². The fraction of sp³-hybridized carbons (Fsp3) is 0.409. The Morgan fingerprint density at radius 3 is 2.62 bits per heavy atom. The fourth-order valence-corrected chi connectivity index (χ4v) is 5.67. The molecule has 29 heavy (non-hydrogen) atoms. The van der Waals surface area contributed by atoms with Crippen LogP contribution in [0.4, 0.5) is 5.69 Å². The number of fused-ring (bicyclic) bond motifs is 3. The van der Waals surface area contributed by atoms with E-state index in [1.807, 2.05) is 12.1 Å². The summed E-state index contributed by atoms with van der Waals surface area (Å²) in [6, 6.07) is 12.4. The molecule has 156 valence electrons. The zero-order chi connectivity index (χ0) is 21.0. The minimum Gasteiger partial charge on any atom is -0.354 e. The molecule has 1 N–H and O–H groups in total. The van der Waals surface area contributed by atoms with Gasteiger partial charge in [-0.15, -0.1) is 0 Å². The van der Waals surface area contributed by atoms with Crippen LogP contribution in [-0.2, 0) is 14.8 Å². The molecule has 1 aliphatic heterocycles. The first-order chi connectivity index (χ1) is 13.9. The van der Waals surface area contributed by atoms with Gasteiger partial charge >= 0.3 is 0 Å². The van der Waals surface area contributed by atoms with Crippen molar-refractivity contribution in [3.05, 3.63) is 46.9 Å². The second-order valence-electron chi connectivity index (χ2n) is 7.39. The molecule has 0 spiro atoms. The Kier molecular flexibility index (Phi) is 7.01. The predicted octanol–water partition coefficient (Wildman–Crippen LogP) is 4.96. The molecular formula is C22H27BrN2O3S. The summed E-state index contributed by atoms with van der Waals surface area (Å²) in [5.74, 6) is 0.137. The fourth-order valence-electron chi connectivity index (χ4n) is 3.66. The Morgan fingerprint density at radius 1 is 1.14 bits per heavy atom. The quantitative estimate of drug-likeness (QED) is 0.582. The van der Waals surface area contributed by atoms with Gasteiger partial charge in [-0.2, -0.15) is 0 Å². The van der Waals surface area contributed by atoms with Crippen molar-refractivity contribution in [1.82, 2.24) is 5.32 Å². The predicted molar refractivity (Wildman–Crippen MR) is 120 cm³/mol. The van der Waals surface area contributed by atoms with Gasteiger partial charge in [-0.05, 0) is 36.6 Å². The van der Waals surface area contributed by atoms with Gasteiger partial charge in [0.05, 0.1) is 10.6 Å². The van der Waals surface area contributed by atoms with Crippen LogP contribution in [-0.4, -0.2) is 27.4 Å². The molecule has 1 amide bonds. The number of unbranched alkanes of at least 4 members (excludes halogenated alkanes) is 1. The monoisotopic (exact) mass is 478 g/mol. The summed E-state index contributed by atoms with van der Waals surface area (Å²) in [7, 11) is -3.81. The normalized spacial score (nSPS) is 15.3. The topological polar surface area (TPSA) is 66.5 Å². The molecule has 0 saturated heterocycles. The smallest absolute Gasteiger partial charge is 0.265 e. The third kappa shape index (κ3) is 4.67. The molecule has 0 aromatic heterocycles. The van der Waals surface area contributed by atoms with E-state index in [1.165, 1.54) is 4.31 Å². The van der Waals surface area contributed by atoms with E-state index >= 15 is 0 Å². The maximum Gasteiger partial charge on any atom is 0.265 e. The number of halogens is 1. The first-order valence-corrected chi connectivity index (χ1v) is 12.3. The standard InChI is InChI=1S/C22H27BrN2O3S/c1-3-5-8-16(4-2)14-24-22(26)15-25-20-12-11-17(23)13-19(20)18-9-6-7-10-21(18)29(25,27)28/h6-7,9-13,16H,3-5,8,14-15H2,1-2H3,(H,24,26). The second-order valence-corrected chi connectivity index (χ2v) is 10.1. The Hall–Kier alpha value is -1.86. The first kappa shape index (κ1) is 21.8. The Bertz CT molecular complexity index is 991. The number of benzene rings is 2. The van der Waals surface area contributed by atoms with Crippen LogP contribution in [0.5, 0.6) is 0 Å². The summed E-state index contributed by atoms with van der Waals surface area (Å²) in [6.45, 7) is 4.62. The number of nitrogens with one attached hydrogen (secondary N) is 1. The minimum absolute atomic E-state index is 0.227. The molecule has 0 fully saturated rings. The average Bonchev–Trinajstić information content (AvgIpc) is 2.71. The Morgan fingerprint density at radius 2 is 1.90 bits per heavy atom. The van der Waals surface area contributed by atoms with E-state index in [1.54, 1.807) is 30.3 Å². The van der Waals surface area contributed by atoms with Crippen LogP contribution in [0.2, 0.25) is 0 Å². The van der Waals surface area contributed by atoms with Crippen molar-refractivity contribution in [2.75, 3.05) is 17.4 Å². The molecule has 1 atom stereocenters. The van der Waals surface area contributed by atoms with Crippen LogP contribution in [0.15, 0.2) is 51.8 Å². The summed E-state index contributed by atoms with van der Waals surface area (Å²) < 4.78 is 28.6. The maximum absolute atomic E-state index is 13.3. The lowest BCUT2D eigenvalue weighted by Crippen LogP contribution is -2.43. The van der Waals surface area contributed by atoms with E-state index < -0.39 is 10.0 Å². The molecule has 2 aromatic rings. The molecule has 1 aliphatic rings. The summed E-state index contributed by atoms with van der Waals surface area (Å²) >= 11 is 3.46. The summed E-state index contributed by atoms with van der Waals surface area (Å²) in [5, 5.41) is 2.94. The highest BCUT2D eigenvalue weighted by molar-refractivity contribution is 9.10. The second kappa shape index (κ2) is 9.30. The van der Waals surface area contributed by atoms with Gasteiger partial charge < -0.3 is 5.32 Å². The molecule has 0 bridgehead atoms. The van der Waals surface area contributed by atoms with E-state index in [0.29, 0.717) is 23.7 Å². The van der Waals surface area contributed by atoms with E-state index in [2.05, 4.69) is 35.1 Å². The van der Waals surface area contributed by atoms with Crippen LogP contribution in [0.3, 0.4) is 0 Å². The van der Waals surface area contributed by atoms with Gasteiger partial charge in [0.25, 0.3) is 10.0 Å². The van der Waals surface area contributed by atoms with Crippen LogP contribution in [0, 0.1) is 5.92 Å². The number of hydrogen-bond acceptors (Lipinski definition) is 3. The molecule has 0 saturated carbocycles. The van der Waals surface area contributed by atoms with E-state index in [-0.39, 0.29) is 17.3 Å². The summed E-state index contributed by atoms with van der Waals surface area (Å²) in [5.41, 5.74) is 1.98. The summed E-state index contributed by atoms with van der Waals surface area (Å²) in [4.78, 5) is 12.9. The molecule has 1 heterocycles. The van der Waals surface area contributed by atoms with Crippen molar-refractivity contribution < 1.29 is 13.2 Å². The van der Waals surface area contributed by atoms with Crippen LogP contribution >= 0.6 is 15.9 Å². The molecule has 0 aliphatic carbocycles. The molecule has 3 rings (SSSR count). The number of sulfonamides is 1. The van der Waals surface area contributed by atoms with Gasteiger partial charge in [0, 0.05) is 22.1 Å². The number of carbonyl (C=O) groups excluding carboxylic acids is 1.